The Hall–Kier alpha value is -3.88. The monoisotopic (exact) mass is 586 g/mol. The van der Waals surface area contributed by atoms with Crippen LogP contribution in [0.5, 0.6) is 0 Å². The third-order valence-corrected chi connectivity index (χ3v) is 7.75. The maximum atomic E-state index is 13.4. The molecule has 2 unspecified atom stereocenters. The van der Waals surface area contributed by atoms with E-state index in [0.717, 1.165) is 47.1 Å². The molecule has 1 heterocycles. The van der Waals surface area contributed by atoms with Crippen molar-refractivity contribution in [1.29, 1.82) is 0 Å². The third kappa shape index (κ3) is 8.11. The molecule has 3 aromatic carbocycles. The fourth-order valence-electron chi connectivity index (χ4n) is 4.75. The summed E-state index contributed by atoms with van der Waals surface area (Å²) in [5.74, 6) is 0.425. The van der Waals surface area contributed by atoms with Crippen LogP contribution in [-0.4, -0.2) is 40.0 Å². The number of aliphatic carboxylic acids is 1. The van der Waals surface area contributed by atoms with E-state index in [0.29, 0.717) is 36.0 Å². The van der Waals surface area contributed by atoms with Gasteiger partial charge in [0.15, 0.2) is 5.76 Å². The van der Waals surface area contributed by atoms with Crippen molar-refractivity contribution in [2.75, 3.05) is 12.0 Å². The number of aromatic nitrogens is 1. The zero-order valence-corrected chi connectivity index (χ0v) is 25.2. The van der Waals surface area contributed by atoms with E-state index in [1.54, 1.807) is 24.0 Å². The van der Waals surface area contributed by atoms with Crippen molar-refractivity contribution >= 4 is 23.6 Å². The molecule has 0 saturated carbocycles. The highest BCUT2D eigenvalue weighted by Crippen LogP contribution is 2.32. The van der Waals surface area contributed by atoms with Gasteiger partial charge >= 0.3 is 5.97 Å². The van der Waals surface area contributed by atoms with Gasteiger partial charge in [0.2, 0.25) is 5.89 Å². The minimum atomic E-state index is -1.04. The van der Waals surface area contributed by atoms with E-state index in [2.05, 4.69) is 17.2 Å². The second kappa shape index (κ2) is 15.4. The fourth-order valence-corrected chi connectivity index (χ4v) is 5.22. The molecule has 2 atom stereocenters. The minimum absolute atomic E-state index is 0.271. The largest absolute Gasteiger partial charge is 0.480 e. The first kappa shape index (κ1) is 31.1. The Labute approximate surface area is 251 Å². The smallest absolute Gasteiger partial charge is 0.326 e. The molecule has 0 aliphatic carbocycles. The molecule has 8 heteroatoms. The number of aryl methyl sites for hydroxylation is 1. The van der Waals surface area contributed by atoms with E-state index in [1.165, 1.54) is 0 Å². The Morgan fingerprint density at radius 1 is 1.02 bits per heavy atom. The molecule has 0 spiro atoms. The number of hydrogen-bond donors (Lipinski definition) is 2. The van der Waals surface area contributed by atoms with Crippen molar-refractivity contribution < 1.29 is 23.8 Å². The number of thioether (sulfide) groups is 1. The molecule has 0 saturated heterocycles. The average molecular weight is 587 g/mol. The number of carbonyl (C=O) groups excluding carboxylic acids is 1. The molecule has 220 valence electrons. The minimum Gasteiger partial charge on any atom is -0.480 e. The van der Waals surface area contributed by atoms with Crippen molar-refractivity contribution in [1.82, 2.24) is 10.3 Å². The van der Waals surface area contributed by atoms with Gasteiger partial charge in [0.1, 0.15) is 12.1 Å². The van der Waals surface area contributed by atoms with Gasteiger partial charge in [-0.3, -0.25) is 4.79 Å². The molecular formula is C34H38N2O5S. The van der Waals surface area contributed by atoms with Crippen molar-refractivity contribution in [2.45, 2.75) is 58.3 Å². The summed E-state index contributed by atoms with van der Waals surface area (Å²) < 4.78 is 12.5. The van der Waals surface area contributed by atoms with E-state index < -0.39 is 17.9 Å². The van der Waals surface area contributed by atoms with Gasteiger partial charge in [0.25, 0.3) is 5.91 Å². The SMILES string of the molecule is CCCCC(OCc1ccc(C(=O)NC(CCSC)C(=O)O)c(-c2ccccc2C)c1)c1cnc(-c2ccccc2)o1. The number of carboxylic acid groups (broad SMARTS) is 1. The van der Waals surface area contributed by atoms with Crippen LogP contribution in [0.15, 0.2) is 83.4 Å². The molecule has 1 aromatic heterocycles. The van der Waals surface area contributed by atoms with Crippen LogP contribution in [0.25, 0.3) is 22.6 Å². The zero-order valence-electron chi connectivity index (χ0n) is 24.3. The number of carbonyl (C=O) groups is 2. The van der Waals surface area contributed by atoms with Crippen molar-refractivity contribution in [3.63, 3.8) is 0 Å². The fraction of sp³-hybridized carbons (Fsp3) is 0.324. The van der Waals surface area contributed by atoms with Gasteiger partial charge in [-0.15, -0.1) is 0 Å². The zero-order chi connectivity index (χ0) is 29.9. The van der Waals surface area contributed by atoms with E-state index >= 15 is 0 Å². The van der Waals surface area contributed by atoms with Crippen LogP contribution in [-0.2, 0) is 16.1 Å². The van der Waals surface area contributed by atoms with Crippen LogP contribution in [0.4, 0.5) is 0 Å². The first-order valence-electron chi connectivity index (χ1n) is 14.3. The second-order valence-electron chi connectivity index (χ2n) is 10.2. The lowest BCUT2D eigenvalue weighted by molar-refractivity contribution is -0.139. The highest BCUT2D eigenvalue weighted by molar-refractivity contribution is 7.98. The molecule has 0 radical (unpaired) electrons. The van der Waals surface area contributed by atoms with Gasteiger partial charge in [-0.1, -0.05) is 68.3 Å². The van der Waals surface area contributed by atoms with Crippen LogP contribution < -0.4 is 5.32 Å². The molecule has 2 N–H and O–H groups in total. The predicted molar refractivity (Wildman–Crippen MR) is 167 cm³/mol. The Morgan fingerprint density at radius 2 is 1.79 bits per heavy atom. The van der Waals surface area contributed by atoms with Crippen LogP contribution in [0.2, 0.25) is 0 Å². The maximum absolute atomic E-state index is 13.4. The predicted octanol–water partition coefficient (Wildman–Crippen LogP) is 7.70. The third-order valence-electron chi connectivity index (χ3n) is 7.11. The van der Waals surface area contributed by atoms with Crippen molar-refractivity contribution in [3.05, 3.63) is 101 Å². The lowest BCUT2D eigenvalue weighted by Crippen LogP contribution is -2.41. The number of amides is 1. The topological polar surface area (TPSA) is 102 Å². The molecule has 4 aromatic rings. The van der Waals surface area contributed by atoms with E-state index in [-0.39, 0.29) is 6.10 Å². The number of unbranched alkanes of at least 4 members (excludes halogenated alkanes) is 1. The number of nitrogens with one attached hydrogen (secondary N) is 1. The van der Waals surface area contributed by atoms with E-state index in [4.69, 9.17) is 9.15 Å². The summed E-state index contributed by atoms with van der Waals surface area (Å²) in [6, 6.07) is 22.2. The maximum Gasteiger partial charge on any atom is 0.326 e. The quantitative estimate of drug-likeness (QED) is 0.147. The Balaban J connectivity index is 1.59. The Kier molecular flexibility index (Phi) is 11.4. The Morgan fingerprint density at radius 3 is 2.50 bits per heavy atom. The highest BCUT2D eigenvalue weighted by atomic mass is 32.2. The molecule has 7 nitrogen and oxygen atoms in total. The number of carboxylic acids is 1. The van der Waals surface area contributed by atoms with Crippen LogP contribution >= 0.6 is 11.8 Å². The first-order valence-corrected chi connectivity index (χ1v) is 15.6. The average Bonchev–Trinajstić information content (AvgIpc) is 3.50. The lowest BCUT2D eigenvalue weighted by atomic mass is 9.93. The van der Waals surface area contributed by atoms with Gasteiger partial charge in [0.05, 0.1) is 12.8 Å². The summed E-state index contributed by atoms with van der Waals surface area (Å²) in [6.45, 7) is 4.44. The molecule has 0 bridgehead atoms. The molecule has 0 aliphatic heterocycles. The highest BCUT2D eigenvalue weighted by Gasteiger charge is 2.23. The number of rotatable bonds is 15. The summed E-state index contributed by atoms with van der Waals surface area (Å²) in [5.41, 5.74) is 4.88. The number of oxazole rings is 1. The Bertz CT molecular complexity index is 1470. The van der Waals surface area contributed by atoms with Crippen LogP contribution in [0.1, 0.15) is 66.0 Å². The number of ether oxygens (including phenoxy) is 1. The van der Waals surface area contributed by atoms with Gasteiger partial charge in [-0.2, -0.15) is 11.8 Å². The summed E-state index contributed by atoms with van der Waals surface area (Å²) >= 11 is 1.55. The number of hydrogen-bond acceptors (Lipinski definition) is 6. The van der Waals surface area contributed by atoms with Crippen LogP contribution in [0, 0.1) is 6.92 Å². The summed E-state index contributed by atoms with van der Waals surface area (Å²) in [6.07, 6.45) is 6.52. The molecule has 42 heavy (non-hydrogen) atoms. The lowest BCUT2D eigenvalue weighted by Gasteiger charge is -2.19. The van der Waals surface area contributed by atoms with Gasteiger partial charge in [-0.05, 0) is 78.3 Å². The van der Waals surface area contributed by atoms with E-state index in [9.17, 15) is 14.7 Å². The van der Waals surface area contributed by atoms with E-state index in [1.807, 2.05) is 79.9 Å². The second-order valence-corrected chi connectivity index (χ2v) is 11.2. The standard InChI is InChI=1S/C34H38N2O5S/c1-4-5-15-30(31-21-35-33(41-31)25-12-7-6-8-13-25)40-22-24-16-17-27(28(20-24)26-14-10-9-11-23(26)2)32(37)36-29(34(38)39)18-19-42-3/h6-14,16-17,20-21,29-30H,4-5,15,18-19,22H2,1-3H3,(H,36,37)(H,38,39). The summed E-state index contributed by atoms with van der Waals surface area (Å²) in [7, 11) is 0. The number of benzene rings is 3. The number of nitrogens with zero attached hydrogens (tertiary/aromatic N) is 1. The van der Waals surface area contributed by atoms with Gasteiger partial charge in [-0.25, -0.2) is 9.78 Å². The summed E-state index contributed by atoms with van der Waals surface area (Å²) in [5, 5.41) is 12.4. The first-order chi connectivity index (χ1) is 20.4. The van der Waals surface area contributed by atoms with Crippen molar-refractivity contribution in [3.8, 4) is 22.6 Å². The molecular weight excluding hydrogens is 548 g/mol. The molecule has 0 aliphatic rings. The summed E-state index contributed by atoms with van der Waals surface area (Å²) in [4.78, 5) is 29.7. The normalized spacial score (nSPS) is 12.5. The van der Waals surface area contributed by atoms with Crippen LogP contribution in [0.3, 0.4) is 0 Å². The van der Waals surface area contributed by atoms with Crippen molar-refractivity contribution in [2.24, 2.45) is 0 Å². The molecule has 1 amide bonds. The van der Waals surface area contributed by atoms with Gasteiger partial charge < -0.3 is 19.6 Å². The molecule has 0 fully saturated rings. The van der Waals surface area contributed by atoms with Gasteiger partial charge in [0, 0.05) is 11.1 Å². The molecule has 4 rings (SSSR count).